The highest BCUT2D eigenvalue weighted by Crippen LogP contribution is 2.25. The Kier molecular flexibility index (Phi) is 6.18. The van der Waals surface area contributed by atoms with Gasteiger partial charge >= 0.3 is 0 Å². The Bertz CT molecular complexity index is 797. The van der Waals surface area contributed by atoms with E-state index in [1.807, 2.05) is 0 Å². The minimum absolute atomic E-state index is 0.0390. The molecule has 1 saturated heterocycles. The van der Waals surface area contributed by atoms with E-state index in [4.69, 9.17) is 9.47 Å². The summed E-state index contributed by atoms with van der Waals surface area (Å²) >= 11 is 0. The van der Waals surface area contributed by atoms with Gasteiger partial charge in [0.15, 0.2) is 0 Å². The second-order valence-electron chi connectivity index (χ2n) is 6.50. The smallest absolute Gasteiger partial charge is 0.229 e. The Balaban J connectivity index is 1.66. The van der Waals surface area contributed by atoms with Gasteiger partial charge in [0.1, 0.15) is 41.7 Å². The van der Waals surface area contributed by atoms with Gasteiger partial charge in [-0.1, -0.05) is 24.3 Å². The standard InChI is InChI=1S/C20H22O8/c21-10-16-17(24)18(25)19(26)20(28-16)27-15-5-3-11(4-6-15)1-2-12-7-13(22)9-14(23)8-12/h1-9,16-26H,10H2/b2-1-/t16-,17-,18+,19-,20-/m1/s1. The van der Waals surface area contributed by atoms with Crippen LogP contribution in [-0.4, -0.2) is 68.0 Å². The maximum absolute atomic E-state index is 10.00. The van der Waals surface area contributed by atoms with Gasteiger partial charge in [0.2, 0.25) is 6.29 Å². The van der Waals surface area contributed by atoms with Crippen molar-refractivity contribution in [2.45, 2.75) is 30.7 Å². The van der Waals surface area contributed by atoms with Crippen LogP contribution in [0, 0.1) is 0 Å². The molecule has 28 heavy (non-hydrogen) atoms. The first-order valence-corrected chi connectivity index (χ1v) is 8.65. The molecule has 8 nitrogen and oxygen atoms in total. The van der Waals surface area contributed by atoms with Crippen LogP contribution < -0.4 is 4.74 Å². The summed E-state index contributed by atoms with van der Waals surface area (Å²) in [4.78, 5) is 0. The zero-order chi connectivity index (χ0) is 20.3. The third kappa shape index (κ3) is 4.61. The van der Waals surface area contributed by atoms with Crippen molar-refractivity contribution in [1.82, 2.24) is 0 Å². The molecule has 2 aromatic carbocycles. The topological polar surface area (TPSA) is 140 Å². The first kappa shape index (κ1) is 20.1. The fraction of sp³-hybridized carbons (Fsp3) is 0.300. The number of benzene rings is 2. The third-order valence-electron chi connectivity index (χ3n) is 4.37. The minimum Gasteiger partial charge on any atom is -0.508 e. The Morgan fingerprint density at radius 3 is 2.04 bits per heavy atom. The van der Waals surface area contributed by atoms with E-state index in [1.165, 1.54) is 18.2 Å². The Morgan fingerprint density at radius 2 is 1.43 bits per heavy atom. The van der Waals surface area contributed by atoms with Gasteiger partial charge < -0.3 is 40.1 Å². The Morgan fingerprint density at radius 1 is 0.821 bits per heavy atom. The lowest BCUT2D eigenvalue weighted by molar-refractivity contribution is -0.277. The minimum atomic E-state index is -1.50. The molecule has 0 amide bonds. The monoisotopic (exact) mass is 390 g/mol. The summed E-state index contributed by atoms with van der Waals surface area (Å²) in [6, 6.07) is 11.0. The van der Waals surface area contributed by atoms with Crippen molar-refractivity contribution in [2.24, 2.45) is 0 Å². The van der Waals surface area contributed by atoms with Crippen LogP contribution in [0.15, 0.2) is 42.5 Å². The zero-order valence-electron chi connectivity index (χ0n) is 14.8. The first-order valence-electron chi connectivity index (χ1n) is 8.65. The molecule has 0 unspecified atom stereocenters. The van der Waals surface area contributed by atoms with E-state index in [9.17, 15) is 30.6 Å². The number of aliphatic hydroxyl groups is 4. The summed E-state index contributed by atoms with van der Waals surface area (Å²) < 4.78 is 10.8. The number of hydrogen-bond donors (Lipinski definition) is 6. The summed E-state index contributed by atoms with van der Waals surface area (Å²) in [5.74, 6) is 0.280. The lowest BCUT2D eigenvalue weighted by atomic mass is 9.99. The zero-order valence-corrected chi connectivity index (χ0v) is 14.8. The summed E-state index contributed by atoms with van der Waals surface area (Å²) in [5, 5.41) is 57.7. The van der Waals surface area contributed by atoms with Gasteiger partial charge in [-0.2, -0.15) is 0 Å². The molecule has 1 heterocycles. The maximum Gasteiger partial charge on any atom is 0.229 e. The van der Waals surface area contributed by atoms with Gasteiger partial charge in [0, 0.05) is 6.07 Å². The number of hydrogen-bond acceptors (Lipinski definition) is 8. The van der Waals surface area contributed by atoms with Crippen LogP contribution in [0.5, 0.6) is 17.2 Å². The van der Waals surface area contributed by atoms with E-state index in [0.717, 1.165) is 5.56 Å². The fourth-order valence-electron chi connectivity index (χ4n) is 2.86. The molecule has 1 fully saturated rings. The summed E-state index contributed by atoms with van der Waals surface area (Å²) in [5.41, 5.74) is 1.43. The second-order valence-corrected chi connectivity index (χ2v) is 6.50. The highest BCUT2D eigenvalue weighted by molar-refractivity contribution is 5.71. The Labute approximate surface area is 161 Å². The van der Waals surface area contributed by atoms with E-state index >= 15 is 0 Å². The highest BCUT2D eigenvalue weighted by Gasteiger charge is 2.44. The average molecular weight is 390 g/mol. The Hall–Kier alpha value is -2.62. The summed E-state index contributed by atoms with van der Waals surface area (Å²) in [7, 11) is 0. The number of ether oxygens (including phenoxy) is 2. The molecule has 0 saturated carbocycles. The highest BCUT2D eigenvalue weighted by atomic mass is 16.7. The molecule has 8 heteroatoms. The van der Waals surface area contributed by atoms with Gasteiger partial charge in [-0.3, -0.25) is 0 Å². The SMILES string of the molecule is OC[C@H]1O[C@@H](Oc2ccc(/C=C\c3cc(O)cc(O)c3)cc2)[C@H](O)[C@@H](O)[C@@H]1O. The van der Waals surface area contributed by atoms with Crippen molar-refractivity contribution < 1.29 is 40.1 Å². The molecule has 1 aliphatic heterocycles. The largest absolute Gasteiger partial charge is 0.508 e. The predicted molar refractivity (Wildman–Crippen MR) is 99.5 cm³/mol. The molecule has 0 aromatic heterocycles. The maximum atomic E-state index is 10.00. The van der Waals surface area contributed by atoms with Gasteiger partial charge in [-0.25, -0.2) is 0 Å². The molecule has 6 N–H and O–H groups in total. The molecule has 2 aromatic rings. The van der Waals surface area contributed by atoms with Gasteiger partial charge in [0.25, 0.3) is 0 Å². The van der Waals surface area contributed by atoms with Crippen molar-refractivity contribution in [1.29, 1.82) is 0 Å². The molecule has 0 bridgehead atoms. The van der Waals surface area contributed by atoms with Crippen LogP contribution in [0.2, 0.25) is 0 Å². The molecule has 0 radical (unpaired) electrons. The summed E-state index contributed by atoms with van der Waals surface area (Å²) in [6.07, 6.45) is -3.22. The van der Waals surface area contributed by atoms with E-state index in [0.29, 0.717) is 11.3 Å². The molecule has 1 aliphatic rings. The number of phenols is 2. The average Bonchev–Trinajstić information content (AvgIpc) is 2.67. The lowest BCUT2D eigenvalue weighted by Gasteiger charge is -2.39. The van der Waals surface area contributed by atoms with Crippen LogP contribution in [0.3, 0.4) is 0 Å². The molecule has 150 valence electrons. The third-order valence-corrected chi connectivity index (χ3v) is 4.37. The normalized spacial score (nSPS) is 27.8. The van der Waals surface area contributed by atoms with Crippen LogP contribution in [-0.2, 0) is 4.74 Å². The number of aliphatic hydroxyl groups excluding tert-OH is 4. The van der Waals surface area contributed by atoms with E-state index in [-0.39, 0.29) is 11.5 Å². The van der Waals surface area contributed by atoms with Gasteiger partial charge in [0.05, 0.1) is 6.61 Å². The fourth-order valence-corrected chi connectivity index (χ4v) is 2.86. The second kappa shape index (κ2) is 8.59. The number of phenolic OH excluding ortho intramolecular Hbond substituents is 2. The van der Waals surface area contributed by atoms with Gasteiger partial charge in [-0.15, -0.1) is 0 Å². The molecular weight excluding hydrogens is 368 g/mol. The van der Waals surface area contributed by atoms with Crippen LogP contribution in [0.4, 0.5) is 0 Å². The van der Waals surface area contributed by atoms with Crippen molar-refractivity contribution in [3.63, 3.8) is 0 Å². The first-order chi connectivity index (χ1) is 13.4. The van der Waals surface area contributed by atoms with Crippen LogP contribution >= 0.6 is 0 Å². The molecule has 0 aliphatic carbocycles. The molecule has 0 spiro atoms. The lowest BCUT2D eigenvalue weighted by Crippen LogP contribution is -2.60. The number of rotatable bonds is 5. The van der Waals surface area contributed by atoms with Crippen LogP contribution in [0.25, 0.3) is 12.2 Å². The molecule has 3 rings (SSSR count). The van der Waals surface area contributed by atoms with Gasteiger partial charge in [-0.05, 0) is 35.4 Å². The van der Waals surface area contributed by atoms with Crippen molar-refractivity contribution in [3.8, 4) is 17.2 Å². The van der Waals surface area contributed by atoms with Crippen LogP contribution in [0.1, 0.15) is 11.1 Å². The quantitative estimate of drug-likeness (QED) is 0.405. The van der Waals surface area contributed by atoms with Crippen molar-refractivity contribution >= 4 is 12.2 Å². The number of aromatic hydroxyl groups is 2. The molecular formula is C20H22O8. The predicted octanol–water partition coefficient (Wildman–Crippen LogP) is 0.447. The van der Waals surface area contributed by atoms with E-state index < -0.39 is 37.3 Å². The van der Waals surface area contributed by atoms with E-state index in [1.54, 1.807) is 36.4 Å². The molecule has 5 atom stereocenters. The summed E-state index contributed by atoms with van der Waals surface area (Å²) in [6.45, 7) is -0.529. The van der Waals surface area contributed by atoms with Crippen molar-refractivity contribution in [2.75, 3.05) is 6.61 Å². The van der Waals surface area contributed by atoms with Crippen molar-refractivity contribution in [3.05, 3.63) is 53.6 Å². The van der Waals surface area contributed by atoms with E-state index in [2.05, 4.69) is 0 Å².